The van der Waals surface area contributed by atoms with Crippen LogP contribution >= 0.6 is 22.6 Å². The van der Waals surface area contributed by atoms with Crippen LogP contribution in [0.1, 0.15) is 30.4 Å². The molecule has 0 radical (unpaired) electrons. The van der Waals surface area contributed by atoms with Crippen molar-refractivity contribution in [1.82, 2.24) is 0 Å². The number of anilines is 1. The van der Waals surface area contributed by atoms with Crippen LogP contribution in [0.2, 0.25) is 0 Å². The lowest BCUT2D eigenvalue weighted by molar-refractivity contribution is 0.0718. The SMILES string of the molecule is COc1cc(F)c(NCC2(CC(O)CO)CC2)c(Cc2ccc(I)cc2F)c1. The van der Waals surface area contributed by atoms with Crippen molar-refractivity contribution in [3.63, 3.8) is 0 Å². The number of rotatable bonds is 9. The highest BCUT2D eigenvalue weighted by Gasteiger charge is 2.43. The first-order valence-electron chi connectivity index (χ1n) is 9.19. The molecule has 3 rings (SSSR count). The molecule has 0 heterocycles. The van der Waals surface area contributed by atoms with Crippen molar-refractivity contribution in [2.75, 3.05) is 25.6 Å². The molecule has 0 aliphatic heterocycles. The fraction of sp³-hybridized carbons (Fsp3) is 0.429. The molecule has 2 aromatic rings. The summed E-state index contributed by atoms with van der Waals surface area (Å²) < 4.78 is 35.1. The maximum atomic E-state index is 14.8. The van der Waals surface area contributed by atoms with Gasteiger partial charge in [-0.05, 0) is 76.6 Å². The fourth-order valence-electron chi connectivity index (χ4n) is 3.43. The first-order valence-corrected chi connectivity index (χ1v) is 10.3. The number of benzene rings is 2. The van der Waals surface area contributed by atoms with Gasteiger partial charge in [-0.1, -0.05) is 6.07 Å². The monoisotopic (exact) mass is 503 g/mol. The van der Waals surface area contributed by atoms with Gasteiger partial charge >= 0.3 is 0 Å². The average molecular weight is 503 g/mol. The largest absolute Gasteiger partial charge is 0.497 e. The molecule has 0 amide bonds. The summed E-state index contributed by atoms with van der Waals surface area (Å²) in [6.07, 6.45) is 1.75. The number of ether oxygens (including phenoxy) is 1. The molecule has 2 aromatic carbocycles. The lowest BCUT2D eigenvalue weighted by atomic mass is 9.97. The van der Waals surface area contributed by atoms with E-state index in [9.17, 15) is 13.9 Å². The standard InChI is InChI=1S/C21H24F2INO3/c1-28-17-7-14(6-13-2-3-15(24)8-18(13)22)20(19(23)9-17)25-12-21(4-5-21)10-16(27)11-26/h2-3,7-9,16,25-27H,4-6,10-12H2,1H3. The highest BCUT2D eigenvalue weighted by molar-refractivity contribution is 14.1. The van der Waals surface area contributed by atoms with Crippen molar-refractivity contribution in [2.45, 2.75) is 31.8 Å². The van der Waals surface area contributed by atoms with Crippen molar-refractivity contribution < 1.29 is 23.7 Å². The first-order chi connectivity index (χ1) is 13.4. The van der Waals surface area contributed by atoms with E-state index >= 15 is 0 Å². The second kappa shape index (κ2) is 8.92. The Morgan fingerprint density at radius 2 is 1.93 bits per heavy atom. The van der Waals surface area contributed by atoms with Gasteiger partial charge in [0.2, 0.25) is 0 Å². The fourth-order valence-corrected chi connectivity index (χ4v) is 3.88. The average Bonchev–Trinajstić information content (AvgIpc) is 3.42. The summed E-state index contributed by atoms with van der Waals surface area (Å²) in [5, 5.41) is 22.0. The zero-order chi connectivity index (χ0) is 20.3. The molecule has 1 saturated carbocycles. The Kier molecular flexibility index (Phi) is 6.77. The van der Waals surface area contributed by atoms with Gasteiger partial charge in [0, 0.05) is 22.6 Å². The van der Waals surface area contributed by atoms with E-state index in [2.05, 4.69) is 5.32 Å². The molecule has 1 atom stereocenters. The second-order valence-electron chi connectivity index (χ2n) is 7.45. The zero-order valence-corrected chi connectivity index (χ0v) is 17.8. The summed E-state index contributed by atoms with van der Waals surface area (Å²) in [4.78, 5) is 0. The van der Waals surface area contributed by atoms with E-state index in [0.29, 0.717) is 35.5 Å². The zero-order valence-electron chi connectivity index (χ0n) is 15.6. The molecule has 0 spiro atoms. The number of halogens is 3. The first kappa shape index (κ1) is 21.3. The number of nitrogens with one attached hydrogen (secondary N) is 1. The summed E-state index contributed by atoms with van der Waals surface area (Å²) in [6, 6.07) is 7.99. The van der Waals surface area contributed by atoms with Gasteiger partial charge in [0.15, 0.2) is 0 Å². The van der Waals surface area contributed by atoms with Gasteiger partial charge in [0.05, 0.1) is 25.5 Å². The summed E-state index contributed by atoms with van der Waals surface area (Å²) in [5.41, 5.74) is 1.27. The minimum Gasteiger partial charge on any atom is -0.497 e. The van der Waals surface area contributed by atoms with Crippen molar-refractivity contribution >= 4 is 28.3 Å². The second-order valence-corrected chi connectivity index (χ2v) is 8.70. The van der Waals surface area contributed by atoms with E-state index in [1.165, 1.54) is 19.2 Å². The molecule has 7 heteroatoms. The number of hydrogen-bond donors (Lipinski definition) is 3. The quantitative estimate of drug-likeness (QED) is 0.451. The van der Waals surface area contributed by atoms with Gasteiger partial charge in [0.25, 0.3) is 0 Å². The Morgan fingerprint density at radius 1 is 1.18 bits per heavy atom. The molecule has 1 aliphatic rings. The molecule has 4 nitrogen and oxygen atoms in total. The summed E-state index contributed by atoms with van der Waals surface area (Å²) in [7, 11) is 1.46. The predicted octanol–water partition coefficient (Wildman–Crippen LogP) is 4.10. The van der Waals surface area contributed by atoms with E-state index in [1.54, 1.807) is 12.1 Å². The highest BCUT2D eigenvalue weighted by atomic mass is 127. The summed E-state index contributed by atoms with van der Waals surface area (Å²) in [6.45, 7) is 0.200. The normalized spacial score (nSPS) is 15.9. The third-order valence-corrected chi connectivity index (χ3v) is 5.92. The van der Waals surface area contributed by atoms with Gasteiger partial charge in [-0.2, -0.15) is 0 Å². The molecule has 0 saturated heterocycles. The molecule has 1 aliphatic carbocycles. The Labute approximate surface area is 177 Å². The number of aliphatic hydroxyl groups is 2. The van der Waals surface area contributed by atoms with Crippen molar-refractivity contribution in [3.8, 4) is 5.75 Å². The highest BCUT2D eigenvalue weighted by Crippen LogP contribution is 2.49. The van der Waals surface area contributed by atoms with E-state index in [0.717, 1.165) is 16.4 Å². The van der Waals surface area contributed by atoms with Crippen molar-refractivity contribution in [1.29, 1.82) is 0 Å². The molecule has 28 heavy (non-hydrogen) atoms. The van der Waals surface area contributed by atoms with Crippen LogP contribution in [0.4, 0.5) is 14.5 Å². The van der Waals surface area contributed by atoms with Crippen LogP contribution in [0.5, 0.6) is 5.75 Å². The van der Waals surface area contributed by atoms with Crippen LogP contribution in [0.3, 0.4) is 0 Å². The van der Waals surface area contributed by atoms with Crippen molar-refractivity contribution in [3.05, 3.63) is 56.7 Å². The van der Waals surface area contributed by atoms with E-state index in [1.807, 2.05) is 28.7 Å². The number of hydrogen-bond acceptors (Lipinski definition) is 4. The van der Waals surface area contributed by atoms with Gasteiger partial charge in [-0.25, -0.2) is 8.78 Å². The molecular weight excluding hydrogens is 479 g/mol. The molecule has 1 fully saturated rings. The number of methoxy groups -OCH3 is 1. The van der Waals surface area contributed by atoms with Gasteiger partial charge in [-0.3, -0.25) is 0 Å². The molecule has 1 unspecified atom stereocenters. The van der Waals surface area contributed by atoms with Crippen LogP contribution in [-0.4, -0.2) is 36.6 Å². The lowest BCUT2D eigenvalue weighted by Crippen LogP contribution is -2.24. The van der Waals surface area contributed by atoms with Crippen LogP contribution in [0, 0.1) is 20.6 Å². The Bertz CT molecular complexity index is 843. The summed E-state index contributed by atoms with van der Waals surface area (Å²) in [5.74, 6) is -0.412. The van der Waals surface area contributed by atoms with Gasteiger partial charge < -0.3 is 20.3 Å². The third kappa shape index (κ3) is 5.12. The van der Waals surface area contributed by atoms with Crippen LogP contribution in [-0.2, 0) is 6.42 Å². The Balaban J connectivity index is 1.84. The van der Waals surface area contributed by atoms with Gasteiger partial charge in [-0.15, -0.1) is 0 Å². The molecule has 0 aromatic heterocycles. The van der Waals surface area contributed by atoms with Crippen molar-refractivity contribution in [2.24, 2.45) is 5.41 Å². The molecule has 0 bridgehead atoms. The smallest absolute Gasteiger partial charge is 0.150 e. The summed E-state index contributed by atoms with van der Waals surface area (Å²) >= 11 is 2.05. The molecule has 3 N–H and O–H groups in total. The van der Waals surface area contributed by atoms with Crippen LogP contribution < -0.4 is 10.1 Å². The Hall–Kier alpha value is -1.45. The number of aliphatic hydroxyl groups excluding tert-OH is 2. The van der Waals surface area contributed by atoms with E-state index in [-0.39, 0.29) is 24.3 Å². The Morgan fingerprint density at radius 3 is 2.54 bits per heavy atom. The lowest BCUT2D eigenvalue weighted by Gasteiger charge is -2.21. The minimum atomic E-state index is -0.773. The van der Waals surface area contributed by atoms with E-state index < -0.39 is 11.9 Å². The van der Waals surface area contributed by atoms with Crippen LogP contribution in [0.15, 0.2) is 30.3 Å². The minimum absolute atomic E-state index is 0.139. The maximum absolute atomic E-state index is 14.8. The maximum Gasteiger partial charge on any atom is 0.150 e. The molecular formula is C21H24F2INO3. The topological polar surface area (TPSA) is 61.7 Å². The molecule has 152 valence electrons. The third-order valence-electron chi connectivity index (χ3n) is 5.25. The van der Waals surface area contributed by atoms with Gasteiger partial charge in [0.1, 0.15) is 17.4 Å². The van der Waals surface area contributed by atoms with E-state index in [4.69, 9.17) is 9.84 Å². The van der Waals surface area contributed by atoms with Crippen LogP contribution in [0.25, 0.3) is 0 Å². The predicted molar refractivity (Wildman–Crippen MR) is 113 cm³/mol.